The third kappa shape index (κ3) is 5.30. The van der Waals surface area contributed by atoms with Crippen molar-refractivity contribution < 1.29 is 9.47 Å². The number of benzene rings is 1. The first-order valence-electron chi connectivity index (χ1n) is 9.99. The molecule has 2 saturated heterocycles. The number of hydrazone groups is 1. The molecule has 0 amide bonds. The molecule has 0 spiro atoms. The molecule has 1 aromatic rings. The van der Waals surface area contributed by atoms with Gasteiger partial charge in [0.1, 0.15) is 5.71 Å². The number of piperidine rings is 1. The van der Waals surface area contributed by atoms with Crippen LogP contribution >= 0.6 is 0 Å². The average molecular weight is 373 g/mol. The summed E-state index contributed by atoms with van der Waals surface area (Å²) in [6.07, 6.45) is 8.01. The Kier molecular flexibility index (Phi) is 7.24. The Hall–Kier alpha value is -1.92. The van der Waals surface area contributed by atoms with E-state index in [0.717, 1.165) is 56.5 Å². The van der Waals surface area contributed by atoms with Crippen LogP contribution in [0.25, 0.3) is 0 Å². The Balaban J connectivity index is 1.63. The van der Waals surface area contributed by atoms with E-state index >= 15 is 0 Å². The highest BCUT2D eigenvalue weighted by molar-refractivity contribution is 6.38. The van der Waals surface area contributed by atoms with Gasteiger partial charge in [-0.05, 0) is 56.7 Å². The molecule has 1 atom stereocenters. The first kappa shape index (κ1) is 19.8. The number of anilines is 1. The standard InChI is InChI=1S/C21H32N4O2/c1-16-13-17(25-10-8-18(26-2)9-11-25)6-7-20(16)21(24-22)15-23-14-19-5-3-4-12-27-19/h6-7,13,15,18-19H,3-5,8-12,14,22H2,1-2H3/b23-15?,24-21+. The van der Waals surface area contributed by atoms with Crippen LogP contribution in [-0.4, -0.2) is 57.5 Å². The van der Waals surface area contributed by atoms with E-state index < -0.39 is 0 Å². The maximum Gasteiger partial charge on any atom is 0.108 e. The van der Waals surface area contributed by atoms with Gasteiger partial charge in [0.2, 0.25) is 0 Å². The van der Waals surface area contributed by atoms with Crippen LogP contribution in [0.4, 0.5) is 5.69 Å². The Morgan fingerprint density at radius 1 is 1.30 bits per heavy atom. The normalized spacial score (nSPS) is 22.5. The maximum atomic E-state index is 5.72. The monoisotopic (exact) mass is 372 g/mol. The fraction of sp³-hybridized carbons (Fsp3) is 0.619. The van der Waals surface area contributed by atoms with Gasteiger partial charge in [0.05, 0.1) is 18.8 Å². The van der Waals surface area contributed by atoms with Gasteiger partial charge in [0, 0.05) is 44.3 Å². The van der Waals surface area contributed by atoms with E-state index in [9.17, 15) is 0 Å². The third-order valence-corrected chi connectivity index (χ3v) is 5.56. The summed E-state index contributed by atoms with van der Waals surface area (Å²) in [5, 5.41) is 3.96. The van der Waals surface area contributed by atoms with Crippen molar-refractivity contribution >= 4 is 17.6 Å². The molecule has 2 heterocycles. The topological polar surface area (TPSA) is 72.4 Å². The minimum Gasteiger partial charge on any atom is -0.381 e. The van der Waals surface area contributed by atoms with E-state index in [2.05, 4.69) is 40.1 Å². The fourth-order valence-electron chi connectivity index (χ4n) is 3.86. The molecule has 2 aliphatic rings. The van der Waals surface area contributed by atoms with Gasteiger partial charge in [-0.15, -0.1) is 0 Å². The molecule has 0 saturated carbocycles. The zero-order chi connectivity index (χ0) is 19.1. The highest BCUT2D eigenvalue weighted by Crippen LogP contribution is 2.24. The number of rotatable bonds is 6. The van der Waals surface area contributed by atoms with Gasteiger partial charge >= 0.3 is 0 Å². The second kappa shape index (κ2) is 9.85. The van der Waals surface area contributed by atoms with Crippen molar-refractivity contribution in [1.29, 1.82) is 0 Å². The smallest absolute Gasteiger partial charge is 0.108 e. The fourth-order valence-corrected chi connectivity index (χ4v) is 3.86. The van der Waals surface area contributed by atoms with Gasteiger partial charge in [-0.3, -0.25) is 4.99 Å². The summed E-state index contributed by atoms with van der Waals surface area (Å²) in [5.41, 5.74) is 4.15. The zero-order valence-corrected chi connectivity index (χ0v) is 16.6. The molecule has 0 radical (unpaired) electrons. The quantitative estimate of drug-likeness (QED) is 0.473. The zero-order valence-electron chi connectivity index (χ0n) is 16.6. The molecular formula is C21H32N4O2. The summed E-state index contributed by atoms with van der Waals surface area (Å²) < 4.78 is 11.2. The predicted octanol–water partition coefficient (Wildman–Crippen LogP) is 2.91. The summed E-state index contributed by atoms with van der Waals surface area (Å²) >= 11 is 0. The third-order valence-electron chi connectivity index (χ3n) is 5.56. The molecule has 1 unspecified atom stereocenters. The number of methoxy groups -OCH3 is 1. The van der Waals surface area contributed by atoms with E-state index in [-0.39, 0.29) is 6.10 Å². The van der Waals surface area contributed by atoms with Gasteiger partial charge in [-0.2, -0.15) is 5.10 Å². The summed E-state index contributed by atoms with van der Waals surface area (Å²) in [4.78, 5) is 6.95. The van der Waals surface area contributed by atoms with Crippen LogP contribution in [0.15, 0.2) is 28.3 Å². The van der Waals surface area contributed by atoms with Gasteiger partial charge in [-0.1, -0.05) is 6.07 Å². The number of aliphatic imine (C=N–C) groups is 1. The van der Waals surface area contributed by atoms with E-state index in [1.165, 1.54) is 12.1 Å². The van der Waals surface area contributed by atoms with Crippen molar-refractivity contribution in [3.05, 3.63) is 29.3 Å². The summed E-state index contributed by atoms with van der Waals surface area (Å²) in [6, 6.07) is 6.46. The van der Waals surface area contributed by atoms with Gasteiger partial charge in [-0.25, -0.2) is 0 Å². The summed E-state index contributed by atoms with van der Waals surface area (Å²) in [6.45, 7) is 5.67. The largest absolute Gasteiger partial charge is 0.381 e. The van der Waals surface area contributed by atoms with Gasteiger partial charge in [0.25, 0.3) is 0 Å². The van der Waals surface area contributed by atoms with Crippen LogP contribution in [-0.2, 0) is 9.47 Å². The van der Waals surface area contributed by atoms with Crippen LogP contribution in [0.3, 0.4) is 0 Å². The molecule has 6 heteroatoms. The summed E-state index contributed by atoms with van der Waals surface area (Å²) in [7, 11) is 1.80. The molecule has 1 aromatic carbocycles. The van der Waals surface area contributed by atoms with Gasteiger partial charge < -0.3 is 20.2 Å². The average Bonchev–Trinajstić information content (AvgIpc) is 2.72. The van der Waals surface area contributed by atoms with Crippen molar-refractivity contribution in [2.75, 3.05) is 38.3 Å². The lowest BCUT2D eigenvalue weighted by atomic mass is 10.0. The first-order chi connectivity index (χ1) is 13.2. The Morgan fingerprint density at radius 2 is 2.11 bits per heavy atom. The van der Waals surface area contributed by atoms with Crippen molar-refractivity contribution in [1.82, 2.24) is 0 Å². The summed E-state index contributed by atoms with van der Waals surface area (Å²) in [5.74, 6) is 5.65. The molecule has 2 aliphatic heterocycles. The van der Waals surface area contributed by atoms with E-state index in [0.29, 0.717) is 18.4 Å². The molecule has 148 valence electrons. The van der Waals surface area contributed by atoms with Gasteiger partial charge in [0.15, 0.2) is 0 Å². The Bertz CT molecular complexity index is 660. The SMILES string of the molecule is COC1CCN(c2ccc(/C(C=NCC3CCCCO3)=N/N)c(C)c2)CC1. The van der Waals surface area contributed by atoms with Crippen molar-refractivity contribution in [3.63, 3.8) is 0 Å². The lowest BCUT2D eigenvalue weighted by Crippen LogP contribution is -2.36. The number of hydrogen-bond acceptors (Lipinski definition) is 6. The molecule has 2 fully saturated rings. The van der Waals surface area contributed by atoms with E-state index in [1.54, 1.807) is 13.3 Å². The number of aryl methyl sites for hydroxylation is 1. The minimum atomic E-state index is 0.229. The second-order valence-electron chi connectivity index (χ2n) is 7.42. The van der Waals surface area contributed by atoms with Crippen molar-refractivity contribution in [3.8, 4) is 0 Å². The lowest BCUT2D eigenvalue weighted by molar-refractivity contribution is 0.0226. The number of nitrogens with two attached hydrogens (primary N) is 1. The molecular weight excluding hydrogens is 340 g/mol. The molecule has 0 bridgehead atoms. The first-order valence-corrected chi connectivity index (χ1v) is 9.99. The molecule has 0 aliphatic carbocycles. The van der Waals surface area contributed by atoms with E-state index in [4.69, 9.17) is 15.3 Å². The van der Waals surface area contributed by atoms with Crippen molar-refractivity contribution in [2.45, 2.75) is 51.2 Å². The molecule has 0 aromatic heterocycles. The van der Waals surface area contributed by atoms with Crippen molar-refractivity contribution in [2.24, 2.45) is 15.9 Å². The Labute approximate surface area is 162 Å². The number of ether oxygens (including phenoxy) is 2. The van der Waals surface area contributed by atoms with Crippen LogP contribution in [0.5, 0.6) is 0 Å². The Morgan fingerprint density at radius 3 is 2.74 bits per heavy atom. The lowest BCUT2D eigenvalue weighted by Gasteiger charge is -2.33. The van der Waals surface area contributed by atoms with Crippen LogP contribution in [0.1, 0.15) is 43.2 Å². The second-order valence-corrected chi connectivity index (χ2v) is 7.42. The molecule has 3 rings (SSSR count). The predicted molar refractivity (Wildman–Crippen MR) is 111 cm³/mol. The molecule has 6 nitrogen and oxygen atoms in total. The number of nitrogens with zero attached hydrogens (tertiary/aromatic N) is 3. The van der Waals surface area contributed by atoms with Crippen LogP contribution in [0, 0.1) is 6.92 Å². The van der Waals surface area contributed by atoms with Crippen LogP contribution in [0.2, 0.25) is 0 Å². The highest BCUT2D eigenvalue weighted by Gasteiger charge is 2.19. The highest BCUT2D eigenvalue weighted by atomic mass is 16.5. The maximum absolute atomic E-state index is 5.72. The van der Waals surface area contributed by atoms with E-state index in [1.807, 2.05) is 0 Å². The minimum absolute atomic E-state index is 0.229. The number of hydrogen-bond donors (Lipinski definition) is 1. The van der Waals surface area contributed by atoms with Crippen LogP contribution < -0.4 is 10.7 Å². The molecule has 27 heavy (non-hydrogen) atoms. The molecule has 2 N–H and O–H groups in total.